The maximum absolute atomic E-state index is 5.78. The standard InChI is InChI=1S/C22H22N6O/c1-3-7-17(8-4-1)22-20(15-28(25-22)18-9-5-2-6-10-18)21-16-27(26-24-21)14-19-13-23-11-12-29-19/h1-10,15-16,19,23H,11-14H2/t19-/m1/s1. The zero-order chi connectivity index (χ0) is 19.5. The zero-order valence-electron chi connectivity index (χ0n) is 16.0. The van der Waals surface area contributed by atoms with Crippen LogP contribution in [0.4, 0.5) is 0 Å². The molecule has 5 rings (SSSR count). The minimum Gasteiger partial charge on any atom is -0.374 e. The van der Waals surface area contributed by atoms with Gasteiger partial charge >= 0.3 is 0 Å². The molecule has 29 heavy (non-hydrogen) atoms. The molecule has 1 fully saturated rings. The van der Waals surface area contributed by atoms with Crippen LogP contribution in [-0.2, 0) is 11.3 Å². The van der Waals surface area contributed by atoms with Crippen LogP contribution >= 0.6 is 0 Å². The number of ether oxygens (including phenoxy) is 1. The molecule has 0 unspecified atom stereocenters. The van der Waals surface area contributed by atoms with Gasteiger partial charge in [-0.3, -0.25) is 0 Å². The average Bonchev–Trinajstić information content (AvgIpc) is 3.43. The van der Waals surface area contributed by atoms with Gasteiger partial charge in [0.2, 0.25) is 0 Å². The van der Waals surface area contributed by atoms with E-state index in [0.717, 1.165) is 47.9 Å². The predicted molar refractivity (Wildman–Crippen MR) is 111 cm³/mol. The van der Waals surface area contributed by atoms with E-state index in [1.807, 2.05) is 70.3 Å². The number of hydrogen-bond donors (Lipinski definition) is 1. The first kappa shape index (κ1) is 17.8. The SMILES string of the molecule is c1ccc(-c2nn(-c3ccccc3)cc2-c2cn(C[C@H]3CNCCO3)nn2)cc1. The van der Waals surface area contributed by atoms with Gasteiger partial charge in [-0.15, -0.1) is 5.10 Å². The normalized spacial score (nSPS) is 16.8. The first-order chi connectivity index (χ1) is 14.4. The molecule has 1 aliphatic rings. The highest BCUT2D eigenvalue weighted by Crippen LogP contribution is 2.30. The van der Waals surface area contributed by atoms with Gasteiger partial charge < -0.3 is 10.1 Å². The number of hydrogen-bond acceptors (Lipinski definition) is 5. The first-order valence-corrected chi connectivity index (χ1v) is 9.80. The Morgan fingerprint density at radius 2 is 1.79 bits per heavy atom. The number of nitrogens with one attached hydrogen (secondary N) is 1. The summed E-state index contributed by atoms with van der Waals surface area (Å²) in [4.78, 5) is 0. The quantitative estimate of drug-likeness (QED) is 0.571. The molecule has 4 aromatic rings. The largest absolute Gasteiger partial charge is 0.374 e. The lowest BCUT2D eigenvalue weighted by Gasteiger charge is -2.23. The lowest BCUT2D eigenvalue weighted by molar-refractivity contribution is 0.0158. The Morgan fingerprint density at radius 3 is 2.55 bits per heavy atom. The zero-order valence-corrected chi connectivity index (χ0v) is 16.0. The van der Waals surface area contributed by atoms with E-state index in [-0.39, 0.29) is 6.10 Å². The average molecular weight is 386 g/mol. The Kier molecular flexibility index (Phi) is 4.90. The maximum atomic E-state index is 5.78. The number of aromatic nitrogens is 5. The third-order valence-corrected chi connectivity index (χ3v) is 4.99. The number of benzene rings is 2. The highest BCUT2D eigenvalue weighted by molar-refractivity contribution is 5.78. The summed E-state index contributed by atoms with van der Waals surface area (Å²) in [6.45, 7) is 3.14. The second-order valence-corrected chi connectivity index (χ2v) is 7.06. The lowest BCUT2D eigenvalue weighted by atomic mass is 10.1. The van der Waals surface area contributed by atoms with E-state index in [0.29, 0.717) is 6.54 Å². The minimum absolute atomic E-state index is 0.110. The molecule has 0 spiro atoms. The van der Waals surface area contributed by atoms with Crippen LogP contribution in [0, 0.1) is 0 Å². The summed E-state index contributed by atoms with van der Waals surface area (Å²) in [5.74, 6) is 0. The molecule has 3 heterocycles. The van der Waals surface area contributed by atoms with Gasteiger partial charge in [-0.05, 0) is 12.1 Å². The summed E-state index contributed by atoms with van der Waals surface area (Å²) < 4.78 is 9.53. The van der Waals surface area contributed by atoms with Gasteiger partial charge in [-0.2, -0.15) is 5.10 Å². The molecule has 2 aromatic carbocycles. The molecule has 1 atom stereocenters. The Hall–Kier alpha value is -3.29. The van der Waals surface area contributed by atoms with Gasteiger partial charge in [0.15, 0.2) is 0 Å². The summed E-state index contributed by atoms with van der Waals surface area (Å²) in [6.07, 6.45) is 4.10. The van der Waals surface area contributed by atoms with Gasteiger partial charge in [0, 0.05) is 24.8 Å². The summed E-state index contributed by atoms with van der Waals surface area (Å²) in [5.41, 5.74) is 4.69. The highest BCUT2D eigenvalue weighted by Gasteiger charge is 2.19. The van der Waals surface area contributed by atoms with Crippen molar-refractivity contribution in [1.29, 1.82) is 0 Å². The van der Waals surface area contributed by atoms with Crippen molar-refractivity contribution in [2.45, 2.75) is 12.6 Å². The van der Waals surface area contributed by atoms with Crippen LogP contribution in [0.25, 0.3) is 28.2 Å². The van der Waals surface area contributed by atoms with Crippen LogP contribution in [0.15, 0.2) is 73.1 Å². The van der Waals surface area contributed by atoms with Crippen LogP contribution in [0.3, 0.4) is 0 Å². The van der Waals surface area contributed by atoms with Crippen molar-refractivity contribution < 1.29 is 4.74 Å². The Labute approximate surface area is 168 Å². The van der Waals surface area contributed by atoms with Crippen molar-refractivity contribution in [3.63, 3.8) is 0 Å². The molecule has 146 valence electrons. The Bertz CT molecular complexity index is 1070. The fourth-order valence-corrected chi connectivity index (χ4v) is 3.54. The monoisotopic (exact) mass is 386 g/mol. The molecule has 0 saturated carbocycles. The number of para-hydroxylation sites is 1. The summed E-state index contributed by atoms with van der Waals surface area (Å²) in [7, 11) is 0. The number of rotatable bonds is 5. The molecular formula is C22H22N6O. The summed E-state index contributed by atoms with van der Waals surface area (Å²) in [5, 5.41) is 17.0. The lowest BCUT2D eigenvalue weighted by Crippen LogP contribution is -2.40. The topological polar surface area (TPSA) is 69.8 Å². The van der Waals surface area contributed by atoms with Gasteiger partial charge in [0.25, 0.3) is 0 Å². The van der Waals surface area contributed by atoms with Crippen molar-refractivity contribution in [3.05, 3.63) is 73.1 Å². The van der Waals surface area contributed by atoms with E-state index in [2.05, 4.69) is 27.8 Å². The molecule has 1 N–H and O–H groups in total. The van der Waals surface area contributed by atoms with E-state index in [1.54, 1.807) is 0 Å². The Morgan fingerprint density at radius 1 is 1.00 bits per heavy atom. The molecular weight excluding hydrogens is 364 g/mol. The second-order valence-electron chi connectivity index (χ2n) is 7.06. The maximum Gasteiger partial charge on any atom is 0.116 e. The van der Waals surface area contributed by atoms with Gasteiger partial charge in [0.05, 0.1) is 36.7 Å². The van der Waals surface area contributed by atoms with Crippen molar-refractivity contribution in [2.24, 2.45) is 0 Å². The third kappa shape index (κ3) is 3.83. The van der Waals surface area contributed by atoms with Gasteiger partial charge in [-0.1, -0.05) is 53.7 Å². The molecule has 0 aliphatic carbocycles. The molecule has 0 radical (unpaired) electrons. The molecule has 0 amide bonds. The Balaban J connectivity index is 1.51. The van der Waals surface area contributed by atoms with Crippen LogP contribution in [0.1, 0.15) is 0 Å². The van der Waals surface area contributed by atoms with Crippen LogP contribution < -0.4 is 5.32 Å². The summed E-state index contributed by atoms with van der Waals surface area (Å²) >= 11 is 0. The highest BCUT2D eigenvalue weighted by atomic mass is 16.5. The van der Waals surface area contributed by atoms with E-state index < -0.39 is 0 Å². The minimum atomic E-state index is 0.110. The molecule has 1 saturated heterocycles. The van der Waals surface area contributed by atoms with Crippen molar-refractivity contribution in [3.8, 4) is 28.2 Å². The molecule has 2 aromatic heterocycles. The smallest absolute Gasteiger partial charge is 0.116 e. The van der Waals surface area contributed by atoms with E-state index in [9.17, 15) is 0 Å². The molecule has 0 bridgehead atoms. The number of nitrogens with zero attached hydrogens (tertiary/aromatic N) is 5. The van der Waals surface area contributed by atoms with E-state index >= 15 is 0 Å². The number of morpholine rings is 1. The van der Waals surface area contributed by atoms with Crippen molar-refractivity contribution in [1.82, 2.24) is 30.1 Å². The van der Waals surface area contributed by atoms with Crippen molar-refractivity contribution >= 4 is 0 Å². The third-order valence-electron chi connectivity index (χ3n) is 4.99. The van der Waals surface area contributed by atoms with E-state index in [1.165, 1.54) is 0 Å². The fourth-order valence-electron chi connectivity index (χ4n) is 3.54. The molecule has 7 nitrogen and oxygen atoms in total. The van der Waals surface area contributed by atoms with Crippen LogP contribution in [0.2, 0.25) is 0 Å². The van der Waals surface area contributed by atoms with Crippen LogP contribution in [0.5, 0.6) is 0 Å². The van der Waals surface area contributed by atoms with Gasteiger partial charge in [0.1, 0.15) is 11.4 Å². The fraction of sp³-hybridized carbons (Fsp3) is 0.227. The van der Waals surface area contributed by atoms with E-state index in [4.69, 9.17) is 9.84 Å². The second kappa shape index (κ2) is 7.98. The van der Waals surface area contributed by atoms with Gasteiger partial charge in [-0.25, -0.2) is 9.36 Å². The first-order valence-electron chi connectivity index (χ1n) is 9.80. The van der Waals surface area contributed by atoms with Crippen LogP contribution in [-0.4, -0.2) is 50.6 Å². The molecule has 7 heteroatoms. The summed E-state index contributed by atoms with van der Waals surface area (Å²) in [6, 6.07) is 20.3. The van der Waals surface area contributed by atoms with Crippen molar-refractivity contribution in [2.75, 3.05) is 19.7 Å². The predicted octanol–water partition coefficient (Wildman–Crippen LogP) is 2.79. The molecule has 1 aliphatic heterocycles.